The highest BCUT2D eigenvalue weighted by Crippen LogP contribution is 2.38. The summed E-state index contributed by atoms with van der Waals surface area (Å²) in [6.07, 6.45) is 0. The largest absolute Gasteiger partial charge is 0.493 e. The van der Waals surface area contributed by atoms with Gasteiger partial charge in [0.1, 0.15) is 0 Å². The lowest BCUT2D eigenvalue weighted by molar-refractivity contribution is 0.0308. The summed E-state index contributed by atoms with van der Waals surface area (Å²) in [5.74, 6) is 2.95. The van der Waals surface area contributed by atoms with Crippen molar-refractivity contribution in [2.45, 2.75) is 32.9 Å². The first-order valence-electron chi connectivity index (χ1n) is 10.5. The van der Waals surface area contributed by atoms with Gasteiger partial charge in [0.15, 0.2) is 17.5 Å². The zero-order chi connectivity index (χ0) is 22.1. The second-order valence-electron chi connectivity index (χ2n) is 7.93. The molecule has 0 unspecified atom stereocenters. The number of nitrogens with one attached hydrogen (secondary N) is 1. The predicted molar refractivity (Wildman–Crippen MR) is 120 cm³/mol. The van der Waals surface area contributed by atoms with E-state index in [1.165, 1.54) is 0 Å². The molecule has 8 heteroatoms. The molecule has 1 N–H and O–H groups in total. The van der Waals surface area contributed by atoms with E-state index in [0.717, 1.165) is 50.8 Å². The Morgan fingerprint density at radius 1 is 1.00 bits per heavy atom. The first-order valence-corrected chi connectivity index (χ1v) is 10.5. The topological polar surface area (TPSA) is 67.8 Å². The van der Waals surface area contributed by atoms with Crippen molar-refractivity contribution in [1.29, 1.82) is 0 Å². The molecular formula is C22H38N4O4. The van der Waals surface area contributed by atoms with E-state index in [-0.39, 0.29) is 5.60 Å². The van der Waals surface area contributed by atoms with Gasteiger partial charge >= 0.3 is 0 Å². The van der Waals surface area contributed by atoms with Gasteiger partial charge in [-0.2, -0.15) is 0 Å². The SMILES string of the molecule is CCNC(=NCC(C)(C)OC)N1CCN(Cc2cc(OC)c(OC)c(OC)c2)CC1. The molecule has 0 spiro atoms. The van der Waals surface area contributed by atoms with Crippen LogP contribution in [0.15, 0.2) is 17.1 Å². The minimum atomic E-state index is -0.269. The molecule has 1 saturated heterocycles. The minimum Gasteiger partial charge on any atom is -0.493 e. The Morgan fingerprint density at radius 3 is 2.07 bits per heavy atom. The number of guanidine groups is 1. The van der Waals surface area contributed by atoms with Crippen LogP contribution in [-0.2, 0) is 11.3 Å². The molecule has 0 bridgehead atoms. The molecule has 1 heterocycles. The van der Waals surface area contributed by atoms with Gasteiger partial charge < -0.3 is 29.2 Å². The number of hydrogen-bond acceptors (Lipinski definition) is 6. The highest BCUT2D eigenvalue weighted by molar-refractivity contribution is 5.80. The summed E-state index contributed by atoms with van der Waals surface area (Å²) >= 11 is 0. The number of hydrogen-bond donors (Lipinski definition) is 1. The lowest BCUT2D eigenvalue weighted by Crippen LogP contribution is -2.52. The van der Waals surface area contributed by atoms with Crippen LogP contribution in [0.25, 0.3) is 0 Å². The number of benzene rings is 1. The molecule has 0 radical (unpaired) electrons. The maximum atomic E-state index is 5.50. The first kappa shape index (κ1) is 24.1. The molecule has 0 amide bonds. The summed E-state index contributed by atoms with van der Waals surface area (Å²) in [6.45, 7) is 12.2. The van der Waals surface area contributed by atoms with Crippen molar-refractivity contribution < 1.29 is 18.9 Å². The number of nitrogens with zero attached hydrogens (tertiary/aromatic N) is 3. The van der Waals surface area contributed by atoms with Crippen LogP contribution in [0.4, 0.5) is 0 Å². The third kappa shape index (κ3) is 6.40. The van der Waals surface area contributed by atoms with Crippen molar-refractivity contribution in [2.75, 3.05) is 67.7 Å². The van der Waals surface area contributed by atoms with Crippen molar-refractivity contribution in [3.05, 3.63) is 17.7 Å². The first-order chi connectivity index (χ1) is 14.4. The van der Waals surface area contributed by atoms with Crippen molar-refractivity contribution in [2.24, 2.45) is 4.99 Å². The zero-order valence-electron chi connectivity index (χ0n) is 19.6. The molecule has 8 nitrogen and oxygen atoms in total. The summed E-state index contributed by atoms with van der Waals surface area (Å²) in [6, 6.07) is 4.04. The molecule has 1 aliphatic heterocycles. The fourth-order valence-electron chi connectivity index (χ4n) is 3.36. The van der Waals surface area contributed by atoms with Crippen LogP contribution >= 0.6 is 0 Å². The quantitative estimate of drug-likeness (QED) is 0.483. The lowest BCUT2D eigenvalue weighted by Gasteiger charge is -2.37. The average molecular weight is 423 g/mol. The maximum Gasteiger partial charge on any atom is 0.203 e. The molecule has 1 aliphatic rings. The molecule has 1 aromatic carbocycles. The number of methoxy groups -OCH3 is 4. The van der Waals surface area contributed by atoms with E-state index in [9.17, 15) is 0 Å². The van der Waals surface area contributed by atoms with Crippen LogP contribution in [0.5, 0.6) is 17.2 Å². The third-order valence-electron chi connectivity index (χ3n) is 5.30. The van der Waals surface area contributed by atoms with Gasteiger partial charge in [0, 0.05) is 46.4 Å². The summed E-state index contributed by atoms with van der Waals surface area (Å²) in [5.41, 5.74) is 0.870. The molecule has 30 heavy (non-hydrogen) atoms. The standard InChI is InChI=1S/C22H38N4O4/c1-8-23-21(24-16-22(2,3)30-7)26-11-9-25(10-12-26)15-17-13-18(27-4)20(29-6)19(14-17)28-5/h13-14H,8-12,15-16H2,1-7H3,(H,23,24). The highest BCUT2D eigenvalue weighted by atomic mass is 16.5. The Kier molecular flexibility index (Phi) is 9.05. The van der Waals surface area contributed by atoms with Gasteiger partial charge in [-0.05, 0) is 38.5 Å². The summed E-state index contributed by atoms with van der Waals surface area (Å²) in [5, 5.41) is 3.41. The zero-order valence-corrected chi connectivity index (χ0v) is 19.6. The van der Waals surface area contributed by atoms with Gasteiger partial charge in [-0.1, -0.05) is 0 Å². The van der Waals surface area contributed by atoms with Gasteiger partial charge in [0.2, 0.25) is 5.75 Å². The van der Waals surface area contributed by atoms with Gasteiger partial charge in [-0.15, -0.1) is 0 Å². The Hall–Kier alpha value is -2.19. The summed E-state index contributed by atoms with van der Waals surface area (Å²) < 4.78 is 21.9. The smallest absolute Gasteiger partial charge is 0.203 e. The van der Waals surface area contributed by atoms with Crippen LogP contribution in [0, 0.1) is 0 Å². The van der Waals surface area contributed by atoms with Gasteiger partial charge in [0.25, 0.3) is 0 Å². The Bertz CT molecular complexity index is 675. The normalized spacial score (nSPS) is 15.8. The van der Waals surface area contributed by atoms with E-state index in [0.29, 0.717) is 23.8 Å². The van der Waals surface area contributed by atoms with E-state index in [1.807, 2.05) is 12.1 Å². The highest BCUT2D eigenvalue weighted by Gasteiger charge is 2.22. The van der Waals surface area contributed by atoms with E-state index in [4.69, 9.17) is 23.9 Å². The van der Waals surface area contributed by atoms with Crippen LogP contribution < -0.4 is 19.5 Å². The Balaban J connectivity index is 2.02. The fraction of sp³-hybridized carbons (Fsp3) is 0.682. The summed E-state index contributed by atoms with van der Waals surface area (Å²) in [7, 11) is 6.64. The minimum absolute atomic E-state index is 0.269. The summed E-state index contributed by atoms with van der Waals surface area (Å²) in [4.78, 5) is 9.54. The fourth-order valence-corrected chi connectivity index (χ4v) is 3.36. The van der Waals surface area contributed by atoms with Crippen LogP contribution in [0.3, 0.4) is 0 Å². The van der Waals surface area contributed by atoms with Crippen molar-refractivity contribution in [3.63, 3.8) is 0 Å². The van der Waals surface area contributed by atoms with Crippen LogP contribution in [0.1, 0.15) is 26.3 Å². The Morgan fingerprint density at radius 2 is 1.60 bits per heavy atom. The van der Waals surface area contributed by atoms with E-state index in [2.05, 4.69) is 35.9 Å². The van der Waals surface area contributed by atoms with Crippen LogP contribution in [0.2, 0.25) is 0 Å². The number of ether oxygens (including phenoxy) is 4. The maximum absolute atomic E-state index is 5.50. The lowest BCUT2D eigenvalue weighted by atomic mass is 10.1. The third-order valence-corrected chi connectivity index (χ3v) is 5.30. The van der Waals surface area contributed by atoms with E-state index < -0.39 is 0 Å². The van der Waals surface area contributed by atoms with Crippen molar-refractivity contribution >= 4 is 5.96 Å². The number of rotatable bonds is 9. The molecular weight excluding hydrogens is 384 g/mol. The second-order valence-corrected chi connectivity index (χ2v) is 7.93. The molecule has 170 valence electrons. The van der Waals surface area contributed by atoms with Gasteiger partial charge in [-0.25, -0.2) is 0 Å². The Labute approximate surface area is 181 Å². The number of piperazine rings is 1. The van der Waals surface area contributed by atoms with E-state index >= 15 is 0 Å². The molecule has 1 fully saturated rings. The molecule has 0 aliphatic carbocycles. The molecule has 0 atom stereocenters. The predicted octanol–water partition coefficient (Wildman–Crippen LogP) is 2.22. The number of aliphatic imine (C=N–C) groups is 1. The van der Waals surface area contributed by atoms with Crippen molar-refractivity contribution in [3.8, 4) is 17.2 Å². The second kappa shape index (κ2) is 11.3. The van der Waals surface area contributed by atoms with Crippen molar-refractivity contribution in [1.82, 2.24) is 15.1 Å². The van der Waals surface area contributed by atoms with Gasteiger partial charge in [0.05, 0.1) is 33.5 Å². The van der Waals surface area contributed by atoms with Crippen LogP contribution in [-0.4, -0.2) is 89.1 Å². The van der Waals surface area contributed by atoms with E-state index in [1.54, 1.807) is 28.4 Å². The molecule has 2 rings (SSSR count). The molecule has 0 aromatic heterocycles. The average Bonchev–Trinajstić information content (AvgIpc) is 2.76. The molecule has 1 aromatic rings. The van der Waals surface area contributed by atoms with Gasteiger partial charge in [-0.3, -0.25) is 9.89 Å². The monoisotopic (exact) mass is 422 g/mol. The molecule has 0 saturated carbocycles.